The second-order valence-corrected chi connectivity index (χ2v) is 7.24. The molecule has 0 aliphatic carbocycles. The smallest absolute Gasteiger partial charge is 0.214 e. The van der Waals surface area contributed by atoms with Gasteiger partial charge >= 0.3 is 0 Å². The van der Waals surface area contributed by atoms with E-state index in [0.717, 1.165) is 28.3 Å². The summed E-state index contributed by atoms with van der Waals surface area (Å²) in [5, 5.41) is 7.89. The Kier molecular flexibility index (Phi) is 5.93. The molecule has 0 amide bonds. The van der Waals surface area contributed by atoms with Crippen LogP contribution in [0.1, 0.15) is 11.1 Å². The van der Waals surface area contributed by atoms with Gasteiger partial charge in [-0.2, -0.15) is 5.10 Å². The van der Waals surface area contributed by atoms with E-state index < -0.39 is 0 Å². The summed E-state index contributed by atoms with van der Waals surface area (Å²) >= 11 is 11.4. The Labute approximate surface area is 178 Å². The summed E-state index contributed by atoms with van der Waals surface area (Å²) in [7, 11) is 0. The van der Waals surface area contributed by atoms with Crippen molar-refractivity contribution in [1.29, 1.82) is 0 Å². The van der Waals surface area contributed by atoms with Crippen molar-refractivity contribution in [3.8, 4) is 17.1 Å². The molecule has 0 bridgehead atoms. The Morgan fingerprint density at radius 1 is 1.00 bits per heavy atom. The van der Waals surface area contributed by atoms with Crippen molar-refractivity contribution in [3.63, 3.8) is 0 Å². The molecule has 146 valence electrons. The number of hydrogen-bond acceptors (Lipinski definition) is 4. The largest absolute Gasteiger partial charge is 0.489 e. The number of halogens is 1. The van der Waals surface area contributed by atoms with Crippen molar-refractivity contribution >= 4 is 23.8 Å². The van der Waals surface area contributed by atoms with Gasteiger partial charge in [-0.3, -0.25) is 0 Å². The van der Waals surface area contributed by atoms with Gasteiger partial charge in [0.05, 0.1) is 6.54 Å². The summed E-state index contributed by atoms with van der Waals surface area (Å²) in [6.45, 7) is 0.970. The molecule has 0 saturated carbocycles. The van der Waals surface area contributed by atoms with Crippen molar-refractivity contribution in [2.45, 2.75) is 13.2 Å². The highest BCUT2D eigenvalue weighted by Gasteiger charge is 2.10. The van der Waals surface area contributed by atoms with Crippen molar-refractivity contribution in [1.82, 2.24) is 14.9 Å². The summed E-state index contributed by atoms with van der Waals surface area (Å²) < 4.78 is 8.31. The molecule has 4 rings (SSSR count). The third-order valence-electron chi connectivity index (χ3n) is 4.39. The maximum absolute atomic E-state index is 6.06. The van der Waals surface area contributed by atoms with Crippen LogP contribution in [-0.4, -0.2) is 14.9 Å². The van der Waals surface area contributed by atoms with Gasteiger partial charge in [0.1, 0.15) is 12.4 Å². The predicted octanol–water partition coefficient (Wildman–Crippen LogP) is 5.58. The van der Waals surface area contributed by atoms with Crippen LogP contribution < -0.4 is 10.2 Å². The molecule has 3 aromatic carbocycles. The average molecular weight is 423 g/mol. The van der Waals surface area contributed by atoms with Gasteiger partial charge in [0, 0.05) is 16.1 Å². The van der Waals surface area contributed by atoms with Crippen LogP contribution in [0.15, 0.2) is 78.9 Å². The van der Waals surface area contributed by atoms with Crippen LogP contribution in [0.5, 0.6) is 5.75 Å². The SMILES string of the molecule is S=c1[nH]nc(-c2ccccc2)n1NCc1ccccc1OCc1cccc(Cl)c1. The highest BCUT2D eigenvalue weighted by atomic mass is 35.5. The van der Waals surface area contributed by atoms with Gasteiger partial charge < -0.3 is 10.2 Å². The highest BCUT2D eigenvalue weighted by molar-refractivity contribution is 7.71. The van der Waals surface area contributed by atoms with E-state index in [-0.39, 0.29) is 0 Å². The van der Waals surface area contributed by atoms with Crippen molar-refractivity contribution in [2.75, 3.05) is 5.43 Å². The molecule has 0 saturated heterocycles. The summed E-state index contributed by atoms with van der Waals surface area (Å²) in [5.74, 6) is 1.53. The number of aromatic nitrogens is 3. The van der Waals surface area contributed by atoms with Gasteiger partial charge in [-0.25, -0.2) is 9.77 Å². The van der Waals surface area contributed by atoms with Crippen molar-refractivity contribution < 1.29 is 4.74 Å². The number of para-hydroxylation sites is 1. The van der Waals surface area contributed by atoms with Gasteiger partial charge in [-0.15, -0.1) is 0 Å². The number of rotatable bonds is 7. The zero-order valence-corrected chi connectivity index (χ0v) is 17.1. The lowest BCUT2D eigenvalue weighted by atomic mass is 10.2. The number of ether oxygens (including phenoxy) is 1. The summed E-state index contributed by atoms with van der Waals surface area (Å²) in [5.41, 5.74) is 6.34. The van der Waals surface area contributed by atoms with Crippen LogP contribution in [0.2, 0.25) is 5.02 Å². The third kappa shape index (κ3) is 4.67. The van der Waals surface area contributed by atoms with Crippen LogP contribution in [0.4, 0.5) is 0 Å². The molecule has 0 aliphatic heterocycles. The standard InChI is InChI=1S/C22H19ClN4OS/c23-19-11-6-7-16(13-19)15-28-20-12-5-4-10-18(20)14-24-27-21(25-26-22(27)29)17-8-2-1-3-9-17/h1-13,24H,14-15H2,(H,26,29). The molecule has 2 N–H and O–H groups in total. The first-order chi connectivity index (χ1) is 14.2. The van der Waals surface area contributed by atoms with Gasteiger partial charge in [-0.1, -0.05) is 72.3 Å². The van der Waals surface area contributed by atoms with Crippen molar-refractivity contribution in [3.05, 3.63) is 99.8 Å². The predicted molar refractivity (Wildman–Crippen MR) is 118 cm³/mol. The van der Waals surface area contributed by atoms with Crippen molar-refractivity contribution in [2.24, 2.45) is 0 Å². The summed E-state index contributed by atoms with van der Waals surface area (Å²) in [4.78, 5) is 0. The van der Waals surface area contributed by atoms with E-state index >= 15 is 0 Å². The fraction of sp³-hybridized carbons (Fsp3) is 0.0909. The molecule has 0 radical (unpaired) electrons. The van der Waals surface area contributed by atoms with Crippen LogP contribution in [0.25, 0.3) is 11.4 Å². The molecule has 0 spiro atoms. The molecule has 29 heavy (non-hydrogen) atoms. The minimum atomic E-state index is 0.442. The number of nitrogens with one attached hydrogen (secondary N) is 2. The molecule has 4 aromatic rings. The number of H-pyrrole nitrogens is 1. The third-order valence-corrected chi connectivity index (χ3v) is 4.90. The lowest BCUT2D eigenvalue weighted by Gasteiger charge is -2.14. The number of aromatic amines is 1. The molecule has 5 nitrogen and oxygen atoms in total. The van der Waals surface area contributed by atoms with Crippen LogP contribution in [-0.2, 0) is 13.2 Å². The normalized spacial score (nSPS) is 10.7. The molecular weight excluding hydrogens is 404 g/mol. The maximum Gasteiger partial charge on any atom is 0.214 e. The van der Waals surface area contributed by atoms with E-state index in [2.05, 4.69) is 15.6 Å². The second-order valence-electron chi connectivity index (χ2n) is 6.42. The minimum absolute atomic E-state index is 0.442. The lowest BCUT2D eigenvalue weighted by Crippen LogP contribution is -2.16. The second kappa shape index (κ2) is 8.94. The summed E-state index contributed by atoms with van der Waals surface area (Å²) in [6, 6.07) is 25.5. The minimum Gasteiger partial charge on any atom is -0.489 e. The first kappa shape index (κ1) is 19.2. The number of nitrogens with zero attached hydrogens (tertiary/aromatic N) is 2. The van der Waals surface area contributed by atoms with E-state index in [1.54, 1.807) is 4.68 Å². The van der Waals surface area contributed by atoms with Crippen LogP contribution in [0, 0.1) is 4.77 Å². The van der Waals surface area contributed by atoms with E-state index in [4.69, 9.17) is 28.6 Å². The van der Waals surface area contributed by atoms with Crippen LogP contribution >= 0.6 is 23.8 Å². The fourth-order valence-corrected chi connectivity index (χ4v) is 3.38. The first-order valence-electron chi connectivity index (χ1n) is 9.12. The van der Waals surface area contributed by atoms with Gasteiger partial charge in [-0.05, 0) is 36.0 Å². The average Bonchev–Trinajstić information content (AvgIpc) is 3.12. The van der Waals surface area contributed by atoms with Gasteiger partial charge in [0.15, 0.2) is 5.82 Å². The van der Waals surface area contributed by atoms with Gasteiger partial charge in [0.25, 0.3) is 0 Å². The highest BCUT2D eigenvalue weighted by Crippen LogP contribution is 2.21. The Balaban J connectivity index is 1.50. The molecule has 0 fully saturated rings. The maximum atomic E-state index is 6.06. The molecule has 0 atom stereocenters. The molecule has 7 heteroatoms. The van der Waals surface area contributed by atoms with E-state index in [1.807, 2.05) is 78.9 Å². The Morgan fingerprint density at radius 2 is 1.79 bits per heavy atom. The summed E-state index contributed by atoms with van der Waals surface area (Å²) in [6.07, 6.45) is 0. The van der Waals surface area contributed by atoms with Crippen LogP contribution in [0.3, 0.4) is 0 Å². The zero-order valence-electron chi connectivity index (χ0n) is 15.5. The molecular formula is C22H19ClN4OS. The van der Waals surface area contributed by atoms with Gasteiger partial charge in [0.2, 0.25) is 4.77 Å². The molecule has 0 unspecified atom stereocenters. The Hall–Kier alpha value is -3.09. The molecule has 1 aromatic heterocycles. The van der Waals surface area contributed by atoms with E-state index in [0.29, 0.717) is 22.9 Å². The number of benzene rings is 3. The topological polar surface area (TPSA) is 54.9 Å². The monoisotopic (exact) mass is 422 g/mol. The number of hydrogen-bond donors (Lipinski definition) is 2. The zero-order chi connectivity index (χ0) is 20.1. The molecule has 0 aliphatic rings. The fourth-order valence-electron chi connectivity index (χ4n) is 2.97. The lowest BCUT2D eigenvalue weighted by molar-refractivity contribution is 0.303. The quantitative estimate of drug-likeness (QED) is 0.381. The Bertz CT molecular complexity index is 1160. The Morgan fingerprint density at radius 3 is 2.62 bits per heavy atom. The molecule has 1 heterocycles. The van der Waals surface area contributed by atoms with E-state index in [1.165, 1.54) is 0 Å². The van der Waals surface area contributed by atoms with E-state index in [9.17, 15) is 0 Å². The first-order valence-corrected chi connectivity index (χ1v) is 9.91.